The van der Waals surface area contributed by atoms with Gasteiger partial charge in [0.2, 0.25) is 5.91 Å². The van der Waals surface area contributed by atoms with Gasteiger partial charge in [-0.25, -0.2) is 0 Å². The molecule has 0 aliphatic heterocycles. The molecule has 1 amide bonds. The number of halogens is 1. The molecule has 0 aliphatic carbocycles. The number of hydrogen-bond donors (Lipinski definition) is 2. The lowest BCUT2D eigenvalue weighted by atomic mass is 9.94. The summed E-state index contributed by atoms with van der Waals surface area (Å²) in [6, 6.07) is 11.7. The van der Waals surface area contributed by atoms with Crippen LogP contribution in [0.5, 0.6) is 0 Å². The average Bonchev–Trinajstić information content (AvgIpc) is 2.41. The van der Waals surface area contributed by atoms with E-state index in [9.17, 15) is 4.79 Å². The van der Waals surface area contributed by atoms with Gasteiger partial charge >= 0.3 is 0 Å². The fourth-order valence-corrected chi connectivity index (χ4v) is 3.20. The molecular formula is C16H17BrN2OS. The molecular weight excluding hydrogens is 348 g/mol. The first-order chi connectivity index (χ1) is 9.91. The lowest BCUT2D eigenvalue weighted by molar-refractivity contribution is -0.118. The molecule has 0 spiro atoms. The quantitative estimate of drug-likeness (QED) is 0.802. The van der Waals surface area contributed by atoms with Gasteiger partial charge in [-0.05, 0) is 23.4 Å². The lowest BCUT2D eigenvalue weighted by Gasteiger charge is -2.19. The van der Waals surface area contributed by atoms with Crippen LogP contribution in [-0.4, -0.2) is 10.9 Å². The Morgan fingerprint density at radius 1 is 1.19 bits per heavy atom. The van der Waals surface area contributed by atoms with Gasteiger partial charge in [0.25, 0.3) is 0 Å². The number of thiocarbonyl (C=S) groups is 1. The number of anilines is 1. The van der Waals surface area contributed by atoms with Crippen LogP contribution in [0.25, 0.3) is 10.8 Å². The summed E-state index contributed by atoms with van der Waals surface area (Å²) in [7, 11) is 0. The molecule has 0 aromatic heterocycles. The molecule has 2 aromatic carbocycles. The van der Waals surface area contributed by atoms with E-state index in [1.807, 2.05) is 50.2 Å². The topological polar surface area (TPSA) is 55.1 Å². The largest absolute Gasteiger partial charge is 0.393 e. The number of benzene rings is 2. The number of amides is 1. The zero-order valence-corrected chi connectivity index (χ0v) is 14.3. The van der Waals surface area contributed by atoms with Crippen molar-refractivity contribution in [3.8, 4) is 0 Å². The van der Waals surface area contributed by atoms with Gasteiger partial charge in [-0.3, -0.25) is 4.79 Å². The molecule has 1 unspecified atom stereocenters. The van der Waals surface area contributed by atoms with Gasteiger partial charge in [-0.15, -0.1) is 0 Å². The molecule has 0 bridgehead atoms. The number of hydrogen-bond acceptors (Lipinski definition) is 2. The van der Waals surface area contributed by atoms with E-state index in [0.29, 0.717) is 0 Å². The van der Waals surface area contributed by atoms with Gasteiger partial charge in [0.05, 0.1) is 10.9 Å². The van der Waals surface area contributed by atoms with E-state index in [0.717, 1.165) is 20.9 Å². The number of carbonyl (C=O) groups excluding carboxylic acids is 1. The lowest BCUT2D eigenvalue weighted by Crippen LogP contribution is -2.36. The van der Waals surface area contributed by atoms with E-state index in [2.05, 4.69) is 21.2 Å². The first-order valence-electron chi connectivity index (χ1n) is 6.69. The SMILES string of the molecule is CC(C)C(C(=O)Nc1ccc(Br)c2ccccc12)C(N)=S. The average molecular weight is 365 g/mol. The van der Waals surface area contributed by atoms with Crippen LogP contribution in [0.1, 0.15) is 13.8 Å². The van der Waals surface area contributed by atoms with Gasteiger partial charge < -0.3 is 11.1 Å². The summed E-state index contributed by atoms with van der Waals surface area (Å²) in [6.45, 7) is 3.87. The van der Waals surface area contributed by atoms with Crippen molar-refractivity contribution < 1.29 is 4.79 Å². The summed E-state index contributed by atoms with van der Waals surface area (Å²) < 4.78 is 0.992. The van der Waals surface area contributed by atoms with Crippen LogP contribution in [0.15, 0.2) is 40.9 Å². The summed E-state index contributed by atoms with van der Waals surface area (Å²) in [6.07, 6.45) is 0. The molecule has 0 fully saturated rings. The number of carbonyl (C=O) groups is 1. The zero-order chi connectivity index (χ0) is 15.6. The Labute approximate surface area is 138 Å². The summed E-state index contributed by atoms with van der Waals surface area (Å²) in [4.78, 5) is 12.7. The molecule has 2 rings (SSSR count). The molecule has 0 saturated heterocycles. The molecule has 0 aliphatic rings. The third-order valence-electron chi connectivity index (χ3n) is 3.38. The standard InChI is InChI=1S/C16H17BrN2OS/c1-9(2)14(15(18)21)16(20)19-13-8-7-12(17)10-5-3-4-6-11(10)13/h3-9,14H,1-2H3,(H2,18,21)(H,19,20). The molecule has 0 saturated carbocycles. The maximum atomic E-state index is 12.4. The van der Waals surface area contributed by atoms with E-state index in [1.165, 1.54) is 0 Å². The van der Waals surface area contributed by atoms with Crippen molar-refractivity contribution in [3.63, 3.8) is 0 Å². The van der Waals surface area contributed by atoms with Crippen molar-refractivity contribution in [2.45, 2.75) is 13.8 Å². The minimum absolute atomic E-state index is 0.0595. The molecule has 0 radical (unpaired) electrons. The van der Waals surface area contributed by atoms with Crippen LogP contribution in [0.3, 0.4) is 0 Å². The van der Waals surface area contributed by atoms with Gasteiger partial charge in [0.15, 0.2) is 0 Å². The Hall–Kier alpha value is -1.46. The summed E-state index contributed by atoms with van der Waals surface area (Å²) in [5.41, 5.74) is 6.46. The highest BCUT2D eigenvalue weighted by atomic mass is 79.9. The number of fused-ring (bicyclic) bond motifs is 1. The first-order valence-corrected chi connectivity index (χ1v) is 7.89. The second kappa shape index (κ2) is 6.54. The minimum Gasteiger partial charge on any atom is -0.393 e. The van der Waals surface area contributed by atoms with Crippen molar-refractivity contribution in [2.24, 2.45) is 17.6 Å². The second-order valence-corrected chi connectivity index (χ2v) is 6.58. The van der Waals surface area contributed by atoms with Crippen molar-refractivity contribution in [1.29, 1.82) is 0 Å². The monoisotopic (exact) mass is 364 g/mol. The zero-order valence-electron chi connectivity index (χ0n) is 11.9. The normalized spacial score (nSPS) is 12.4. The molecule has 110 valence electrons. The van der Waals surface area contributed by atoms with E-state index in [-0.39, 0.29) is 16.8 Å². The Bertz CT molecular complexity index is 700. The van der Waals surface area contributed by atoms with Crippen molar-refractivity contribution >= 4 is 55.5 Å². The van der Waals surface area contributed by atoms with Crippen LogP contribution in [0.4, 0.5) is 5.69 Å². The Kier molecular flexibility index (Phi) is 4.96. The van der Waals surface area contributed by atoms with Crippen LogP contribution < -0.4 is 11.1 Å². The van der Waals surface area contributed by atoms with E-state index in [1.54, 1.807) is 0 Å². The van der Waals surface area contributed by atoms with Crippen molar-refractivity contribution in [2.75, 3.05) is 5.32 Å². The second-order valence-electron chi connectivity index (χ2n) is 5.25. The molecule has 3 nitrogen and oxygen atoms in total. The first kappa shape index (κ1) is 15.9. The highest BCUT2D eigenvalue weighted by molar-refractivity contribution is 9.10. The van der Waals surface area contributed by atoms with E-state index in [4.69, 9.17) is 18.0 Å². The van der Waals surface area contributed by atoms with Crippen LogP contribution in [0, 0.1) is 11.8 Å². The Morgan fingerprint density at radius 3 is 2.38 bits per heavy atom. The van der Waals surface area contributed by atoms with E-state index >= 15 is 0 Å². The fraction of sp³-hybridized carbons (Fsp3) is 0.250. The smallest absolute Gasteiger partial charge is 0.234 e. The third-order valence-corrected chi connectivity index (χ3v) is 4.33. The molecule has 5 heteroatoms. The minimum atomic E-state index is -0.470. The van der Waals surface area contributed by atoms with Crippen molar-refractivity contribution in [1.82, 2.24) is 0 Å². The predicted molar refractivity (Wildman–Crippen MR) is 95.4 cm³/mol. The molecule has 1 atom stereocenters. The third kappa shape index (κ3) is 3.41. The Balaban J connectivity index is 2.38. The number of nitrogens with one attached hydrogen (secondary N) is 1. The molecule has 2 aromatic rings. The molecule has 21 heavy (non-hydrogen) atoms. The van der Waals surface area contributed by atoms with Crippen LogP contribution >= 0.6 is 28.1 Å². The van der Waals surface area contributed by atoms with Crippen LogP contribution in [-0.2, 0) is 4.79 Å². The highest BCUT2D eigenvalue weighted by Crippen LogP contribution is 2.30. The van der Waals surface area contributed by atoms with Crippen LogP contribution in [0.2, 0.25) is 0 Å². The predicted octanol–water partition coefficient (Wildman–Crippen LogP) is 4.10. The van der Waals surface area contributed by atoms with E-state index < -0.39 is 5.92 Å². The van der Waals surface area contributed by atoms with Gasteiger partial charge in [0.1, 0.15) is 0 Å². The van der Waals surface area contributed by atoms with Gasteiger partial charge in [-0.1, -0.05) is 66.3 Å². The summed E-state index contributed by atoms with van der Waals surface area (Å²) in [5, 5.41) is 4.97. The summed E-state index contributed by atoms with van der Waals surface area (Å²) >= 11 is 8.53. The van der Waals surface area contributed by atoms with Gasteiger partial charge in [-0.2, -0.15) is 0 Å². The highest BCUT2D eigenvalue weighted by Gasteiger charge is 2.25. The maximum absolute atomic E-state index is 12.4. The fourth-order valence-electron chi connectivity index (χ4n) is 2.34. The van der Waals surface area contributed by atoms with Gasteiger partial charge in [0, 0.05) is 15.5 Å². The number of rotatable bonds is 4. The maximum Gasteiger partial charge on any atom is 0.234 e. The molecule has 0 heterocycles. The Morgan fingerprint density at radius 2 is 1.81 bits per heavy atom. The molecule has 3 N–H and O–H groups in total. The summed E-state index contributed by atoms with van der Waals surface area (Å²) in [5.74, 6) is -0.573. The number of nitrogens with two attached hydrogens (primary N) is 1. The van der Waals surface area contributed by atoms with Crippen molar-refractivity contribution in [3.05, 3.63) is 40.9 Å².